The van der Waals surface area contributed by atoms with Crippen LogP contribution < -0.4 is 4.90 Å². The lowest BCUT2D eigenvalue weighted by Gasteiger charge is -2.24. The van der Waals surface area contributed by atoms with Gasteiger partial charge in [0.05, 0.1) is 15.9 Å². The molecule has 0 saturated heterocycles. The molecule has 0 fully saturated rings. The van der Waals surface area contributed by atoms with Crippen LogP contribution in [0.15, 0.2) is 51.1 Å². The van der Waals surface area contributed by atoms with Crippen molar-refractivity contribution in [3.63, 3.8) is 0 Å². The highest BCUT2D eigenvalue weighted by molar-refractivity contribution is 9.10. The number of rotatable bonds is 7. The number of aryl methyl sites for hydroxylation is 1. The van der Waals surface area contributed by atoms with Crippen LogP contribution in [0.1, 0.15) is 32.3 Å². The van der Waals surface area contributed by atoms with Gasteiger partial charge in [-0.1, -0.05) is 41.1 Å². The number of thiazole rings is 1. The molecule has 26 heavy (non-hydrogen) atoms. The van der Waals surface area contributed by atoms with Crippen molar-refractivity contribution in [2.75, 3.05) is 18.0 Å². The van der Waals surface area contributed by atoms with Crippen LogP contribution in [0.3, 0.4) is 0 Å². The number of aromatic nitrogens is 1. The number of nitrogens with zero attached hydrogens (tertiary/aromatic N) is 4. The molecule has 3 aromatic rings. The normalized spacial score (nSPS) is 11.5. The van der Waals surface area contributed by atoms with Gasteiger partial charge in [0, 0.05) is 23.2 Å². The SMILES string of the molecule is CCCN(CCC)c1ccc(N=Nc2nc3ccc(Br)cc3s2)c(C)c1. The number of fused-ring (bicyclic) bond motifs is 1. The van der Waals surface area contributed by atoms with E-state index in [0.29, 0.717) is 5.13 Å². The van der Waals surface area contributed by atoms with Crippen LogP contribution in [0.4, 0.5) is 16.5 Å². The molecular formula is C20H23BrN4S. The van der Waals surface area contributed by atoms with E-state index in [1.54, 1.807) is 11.3 Å². The summed E-state index contributed by atoms with van der Waals surface area (Å²) in [6.07, 6.45) is 2.29. The quantitative estimate of drug-likeness (QED) is 0.366. The van der Waals surface area contributed by atoms with Crippen LogP contribution in [0.2, 0.25) is 0 Å². The van der Waals surface area contributed by atoms with Crippen LogP contribution in [0, 0.1) is 6.92 Å². The Morgan fingerprint density at radius 1 is 1.04 bits per heavy atom. The maximum atomic E-state index is 4.52. The third kappa shape index (κ3) is 4.48. The summed E-state index contributed by atoms with van der Waals surface area (Å²) >= 11 is 5.04. The average molecular weight is 431 g/mol. The first kappa shape index (κ1) is 19.0. The molecule has 0 aliphatic carbocycles. The lowest BCUT2D eigenvalue weighted by Crippen LogP contribution is -2.24. The fraction of sp³-hybridized carbons (Fsp3) is 0.350. The fourth-order valence-corrected chi connectivity index (χ4v) is 4.22. The van der Waals surface area contributed by atoms with E-state index in [-0.39, 0.29) is 0 Å². The van der Waals surface area contributed by atoms with Gasteiger partial charge >= 0.3 is 0 Å². The summed E-state index contributed by atoms with van der Waals surface area (Å²) < 4.78 is 2.16. The van der Waals surface area contributed by atoms with E-state index in [2.05, 4.69) is 81.1 Å². The highest BCUT2D eigenvalue weighted by Crippen LogP contribution is 2.32. The van der Waals surface area contributed by atoms with Crippen molar-refractivity contribution >= 4 is 54.0 Å². The molecule has 2 aromatic carbocycles. The predicted octanol–water partition coefficient (Wildman–Crippen LogP) is 7.41. The van der Waals surface area contributed by atoms with Gasteiger partial charge in [-0.05, 0) is 61.7 Å². The van der Waals surface area contributed by atoms with E-state index in [9.17, 15) is 0 Å². The maximum Gasteiger partial charge on any atom is 0.231 e. The number of anilines is 1. The maximum absolute atomic E-state index is 4.52. The number of benzene rings is 2. The van der Waals surface area contributed by atoms with Gasteiger partial charge in [-0.2, -0.15) is 0 Å². The molecule has 1 aromatic heterocycles. The minimum atomic E-state index is 0.681. The molecule has 6 heteroatoms. The standard InChI is InChI=1S/C20H23BrN4S/c1-4-10-25(11-5-2)16-7-9-17(14(3)12-16)23-24-20-22-18-8-6-15(21)13-19(18)26-20/h6-9,12-13H,4-5,10-11H2,1-3H3. The van der Waals surface area contributed by atoms with E-state index >= 15 is 0 Å². The van der Waals surface area contributed by atoms with Gasteiger partial charge in [-0.25, -0.2) is 4.98 Å². The lowest BCUT2D eigenvalue weighted by atomic mass is 10.1. The van der Waals surface area contributed by atoms with Crippen LogP contribution in [0.5, 0.6) is 0 Å². The minimum Gasteiger partial charge on any atom is -0.372 e. The molecule has 0 saturated carbocycles. The summed E-state index contributed by atoms with van der Waals surface area (Å²) in [6.45, 7) is 8.68. The van der Waals surface area contributed by atoms with Crippen molar-refractivity contribution in [3.8, 4) is 0 Å². The van der Waals surface area contributed by atoms with Crippen molar-refractivity contribution in [3.05, 3.63) is 46.4 Å². The first-order valence-corrected chi connectivity index (χ1v) is 10.5. The zero-order valence-electron chi connectivity index (χ0n) is 15.4. The first-order chi connectivity index (χ1) is 12.6. The van der Waals surface area contributed by atoms with Crippen LogP contribution >= 0.6 is 27.3 Å². The molecular weight excluding hydrogens is 408 g/mol. The Morgan fingerprint density at radius 2 is 1.81 bits per heavy atom. The molecule has 0 aliphatic heterocycles. The van der Waals surface area contributed by atoms with E-state index < -0.39 is 0 Å². The van der Waals surface area contributed by atoms with Gasteiger partial charge in [0.25, 0.3) is 0 Å². The molecule has 3 rings (SSSR count). The van der Waals surface area contributed by atoms with Crippen molar-refractivity contribution < 1.29 is 0 Å². The molecule has 0 amide bonds. The summed E-state index contributed by atoms with van der Waals surface area (Å²) in [6, 6.07) is 12.4. The van der Waals surface area contributed by atoms with Gasteiger partial charge in [-0.15, -0.1) is 10.2 Å². The van der Waals surface area contributed by atoms with Crippen LogP contribution in [0.25, 0.3) is 10.2 Å². The summed E-state index contributed by atoms with van der Waals surface area (Å²) in [7, 11) is 0. The highest BCUT2D eigenvalue weighted by atomic mass is 79.9. The molecule has 0 unspecified atom stereocenters. The Bertz CT molecular complexity index is 913. The van der Waals surface area contributed by atoms with Crippen LogP contribution in [-0.4, -0.2) is 18.1 Å². The average Bonchev–Trinajstić information content (AvgIpc) is 3.02. The van der Waals surface area contributed by atoms with Gasteiger partial charge in [0.2, 0.25) is 5.13 Å². The monoisotopic (exact) mass is 430 g/mol. The topological polar surface area (TPSA) is 40.9 Å². The molecule has 1 heterocycles. The Morgan fingerprint density at radius 3 is 2.50 bits per heavy atom. The van der Waals surface area contributed by atoms with Gasteiger partial charge in [-0.3, -0.25) is 0 Å². The van der Waals surface area contributed by atoms with E-state index in [0.717, 1.165) is 51.9 Å². The molecule has 0 bridgehead atoms. The van der Waals surface area contributed by atoms with Crippen molar-refractivity contribution in [1.82, 2.24) is 4.98 Å². The largest absolute Gasteiger partial charge is 0.372 e. The van der Waals surface area contributed by atoms with E-state index in [1.165, 1.54) is 5.69 Å². The second-order valence-electron chi connectivity index (χ2n) is 6.27. The number of hydrogen-bond acceptors (Lipinski definition) is 5. The van der Waals surface area contributed by atoms with E-state index in [1.807, 2.05) is 12.1 Å². The molecule has 0 radical (unpaired) electrons. The van der Waals surface area contributed by atoms with Gasteiger partial charge in [0.1, 0.15) is 0 Å². The molecule has 0 N–H and O–H groups in total. The summed E-state index contributed by atoms with van der Waals surface area (Å²) in [4.78, 5) is 6.95. The lowest BCUT2D eigenvalue weighted by molar-refractivity contribution is 0.744. The molecule has 0 aliphatic rings. The third-order valence-electron chi connectivity index (χ3n) is 4.12. The molecule has 0 spiro atoms. The number of azo groups is 1. The molecule has 4 nitrogen and oxygen atoms in total. The van der Waals surface area contributed by atoms with Gasteiger partial charge < -0.3 is 4.90 Å². The summed E-state index contributed by atoms with van der Waals surface area (Å²) in [5, 5.41) is 9.46. The van der Waals surface area contributed by atoms with Crippen molar-refractivity contribution in [2.45, 2.75) is 33.6 Å². The predicted molar refractivity (Wildman–Crippen MR) is 115 cm³/mol. The Balaban J connectivity index is 1.81. The number of halogens is 1. The smallest absolute Gasteiger partial charge is 0.231 e. The van der Waals surface area contributed by atoms with Crippen molar-refractivity contribution in [2.24, 2.45) is 10.2 Å². The number of hydrogen-bond donors (Lipinski definition) is 0. The third-order valence-corrected chi connectivity index (χ3v) is 5.51. The zero-order chi connectivity index (χ0) is 18.5. The highest BCUT2D eigenvalue weighted by Gasteiger charge is 2.07. The summed E-state index contributed by atoms with van der Waals surface area (Å²) in [5.74, 6) is 0. The second-order valence-corrected chi connectivity index (χ2v) is 8.19. The Labute approximate surface area is 167 Å². The Hall–Kier alpha value is -1.79. The van der Waals surface area contributed by atoms with Gasteiger partial charge in [0.15, 0.2) is 0 Å². The minimum absolute atomic E-state index is 0.681. The summed E-state index contributed by atoms with van der Waals surface area (Å²) in [5.41, 5.74) is 4.23. The zero-order valence-corrected chi connectivity index (χ0v) is 17.8. The van der Waals surface area contributed by atoms with Crippen molar-refractivity contribution in [1.29, 1.82) is 0 Å². The van der Waals surface area contributed by atoms with Crippen LogP contribution in [-0.2, 0) is 0 Å². The Kier molecular flexibility index (Phi) is 6.38. The fourth-order valence-electron chi connectivity index (χ4n) is 2.88. The van der Waals surface area contributed by atoms with E-state index in [4.69, 9.17) is 0 Å². The molecule has 0 atom stereocenters. The second kappa shape index (κ2) is 8.73. The molecule has 136 valence electrons. The first-order valence-electron chi connectivity index (χ1n) is 8.94.